The van der Waals surface area contributed by atoms with Crippen molar-refractivity contribution in [1.82, 2.24) is 15.6 Å². The quantitative estimate of drug-likeness (QED) is 0.522. The van der Waals surface area contributed by atoms with Crippen molar-refractivity contribution in [2.24, 2.45) is 0 Å². The predicted octanol–water partition coefficient (Wildman–Crippen LogP) is 0.405. The third-order valence-corrected chi connectivity index (χ3v) is 2.79. The summed E-state index contributed by atoms with van der Waals surface area (Å²) in [5, 5.41) is 16.4. The van der Waals surface area contributed by atoms with Crippen LogP contribution in [-0.4, -0.2) is 34.9 Å². The summed E-state index contributed by atoms with van der Waals surface area (Å²) in [6, 6.07) is 1.54. The summed E-state index contributed by atoms with van der Waals surface area (Å²) >= 11 is 0. The monoisotopic (exact) mass is 238 g/mol. The molecule has 2 heterocycles. The van der Waals surface area contributed by atoms with E-state index in [4.69, 9.17) is 0 Å². The average molecular weight is 238 g/mol. The van der Waals surface area contributed by atoms with E-state index in [2.05, 4.69) is 15.6 Å². The number of nitrogens with one attached hydrogen (secondary N) is 3. The van der Waals surface area contributed by atoms with Gasteiger partial charge >= 0.3 is 0 Å². The molecule has 0 radical (unpaired) electrons. The first kappa shape index (κ1) is 11.6. The number of hydrogen-bond donors (Lipinski definition) is 3. The van der Waals surface area contributed by atoms with Crippen LogP contribution >= 0.6 is 0 Å². The van der Waals surface area contributed by atoms with Gasteiger partial charge in [0.15, 0.2) is 0 Å². The smallest absolute Gasteiger partial charge is 0.287 e. The second-order valence-electron chi connectivity index (χ2n) is 4.03. The maximum absolute atomic E-state index is 11.6. The van der Waals surface area contributed by atoms with Crippen LogP contribution in [0.25, 0.3) is 0 Å². The summed E-state index contributed by atoms with van der Waals surface area (Å²) in [5.41, 5.74) is 0.115. The largest absolute Gasteiger partial charge is 0.351 e. The molecule has 1 atom stereocenters. The SMILES string of the molecule is O=C(NCC1CCCN1)c1cc([N+](=O)[O-])c[nH]1. The molecule has 17 heavy (non-hydrogen) atoms. The van der Waals surface area contributed by atoms with Crippen LogP contribution < -0.4 is 10.6 Å². The zero-order valence-corrected chi connectivity index (χ0v) is 9.23. The van der Waals surface area contributed by atoms with Crippen LogP contribution in [0.4, 0.5) is 5.69 Å². The van der Waals surface area contributed by atoms with Gasteiger partial charge in [0.1, 0.15) is 5.69 Å². The summed E-state index contributed by atoms with van der Waals surface area (Å²) in [5.74, 6) is -0.313. The molecule has 0 aliphatic carbocycles. The molecular formula is C10H14N4O3. The highest BCUT2D eigenvalue weighted by Crippen LogP contribution is 2.12. The molecular weight excluding hydrogens is 224 g/mol. The van der Waals surface area contributed by atoms with E-state index in [1.807, 2.05) is 0 Å². The zero-order valence-electron chi connectivity index (χ0n) is 9.23. The molecule has 0 spiro atoms. The maximum Gasteiger partial charge on any atom is 0.287 e. The van der Waals surface area contributed by atoms with Gasteiger partial charge in [0.2, 0.25) is 0 Å². The number of aromatic nitrogens is 1. The maximum atomic E-state index is 11.6. The molecule has 1 aliphatic heterocycles. The number of nitro groups is 1. The highest BCUT2D eigenvalue weighted by molar-refractivity contribution is 5.93. The fourth-order valence-corrected chi connectivity index (χ4v) is 1.86. The second kappa shape index (κ2) is 4.96. The summed E-state index contributed by atoms with van der Waals surface area (Å²) in [7, 11) is 0. The van der Waals surface area contributed by atoms with Crippen LogP contribution in [0.3, 0.4) is 0 Å². The van der Waals surface area contributed by atoms with Gasteiger partial charge in [-0.25, -0.2) is 0 Å². The summed E-state index contributed by atoms with van der Waals surface area (Å²) in [4.78, 5) is 24.1. The third-order valence-electron chi connectivity index (χ3n) is 2.79. The molecule has 7 nitrogen and oxygen atoms in total. The lowest BCUT2D eigenvalue weighted by atomic mass is 10.2. The molecule has 1 aliphatic rings. The molecule has 1 amide bonds. The van der Waals surface area contributed by atoms with E-state index in [9.17, 15) is 14.9 Å². The van der Waals surface area contributed by atoms with Crippen molar-refractivity contribution in [3.05, 3.63) is 28.1 Å². The minimum Gasteiger partial charge on any atom is -0.351 e. The van der Waals surface area contributed by atoms with Crippen LogP contribution in [-0.2, 0) is 0 Å². The van der Waals surface area contributed by atoms with Gasteiger partial charge in [-0.05, 0) is 19.4 Å². The van der Waals surface area contributed by atoms with E-state index >= 15 is 0 Å². The molecule has 1 fully saturated rings. The van der Waals surface area contributed by atoms with Crippen molar-refractivity contribution in [3.8, 4) is 0 Å². The lowest BCUT2D eigenvalue weighted by Crippen LogP contribution is -2.37. The summed E-state index contributed by atoms with van der Waals surface area (Å²) < 4.78 is 0. The number of carbonyl (C=O) groups is 1. The van der Waals surface area contributed by atoms with E-state index in [0.29, 0.717) is 12.6 Å². The van der Waals surface area contributed by atoms with Crippen LogP contribution in [0.1, 0.15) is 23.3 Å². The third kappa shape index (κ3) is 2.82. The predicted molar refractivity (Wildman–Crippen MR) is 60.8 cm³/mol. The fourth-order valence-electron chi connectivity index (χ4n) is 1.86. The first-order chi connectivity index (χ1) is 8.16. The lowest BCUT2D eigenvalue weighted by molar-refractivity contribution is -0.384. The van der Waals surface area contributed by atoms with Crippen molar-refractivity contribution in [2.45, 2.75) is 18.9 Å². The minimum absolute atomic E-state index is 0.103. The summed E-state index contributed by atoms with van der Waals surface area (Å²) in [6.07, 6.45) is 3.38. The Balaban J connectivity index is 1.87. The van der Waals surface area contributed by atoms with Crippen LogP contribution in [0.2, 0.25) is 0 Å². The Kier molecular flexibility index (Phi) is 3.38. The number of hydrogen-bond acceptors (Lipinski definition) is 4. The Morgan fingerprint density at radius 2 is 2.47 bits per heavy atom. The van der Waals surface area contributed by atoms with Gasteiger partial charge in [-0.15, -0.1) is 0 Å². The Hall–Kier alpha value is -1.89. The standard InChI is InChI=1S/C10H14N4O3/c15-10(13-5-7-2-1-3-11-7)9-4-8(6-12-9)14(16)17/h4,6-7,11-12H,1-3,5H2,(H,13,15). The number of amides is 1. The lowest BCUT2D eigenvalue weighted by Gasteiger charge is -2.10. The number of aromatic amines is 1. The van der Waals surface area contributed by atoms with Gasteiger partial charge in [-0.1, -0.05) is 0 Å². The van der Waals surface area contributed by atoms with Gasteiger partial charge < -0.3 is 15.6 Å². The Morgan fingerprint density at radius 3 is 3.06 bits per heavy atom. The highest BCUT2D eigenvalue weighted by Gasteiger charge is 2.17. The molecule has 0 aromatic carbocycles. The second-order valence-corrected chi connectivity index (χ2v) is 4.03. The molecule has 1 aromatic heterocycles. The molecule has 0 bridgehead atoms. The van der Waals surface area contributed by atoms with E-state index in [-0.39, 0.29) is 17.3 Å². The van der Waals surface area contributed by atoms with Crippen LogP contribution in [0, 0.1) is 10.1 Å². The fraction of sp³-hybridized carbons (Fsp3) is 0.500. The van der Waals surface area contributed by atoms with Crippen molar-refractivity contribution in [3.63, 3.8) is 0 Å². The van der Waals surface area contributed by atoms with E-state index in [1.54, 1.807) is 0 Å². The molecule has 7 heteroatoms. The Morgan fingerprint density at radius 1 is 1.65 bits per heavy atom. The van der Waals surface area contributed by atoms with E-state index in [0.717, 1.165) is 19.4 Å². The minimum atomic E-state index is -0.536. The molecule has 1 aromatic rings. The normalized spacial score (nSPS) is 19.2. The number of H-pyrrole nitrogens is 1. The molecule has 2 rings (SSSR count). The Bertz CT molecular complexity index is 423. The van der Waals surface area contributed by atoms with Gasteiger partial charge in [0.25, 0.3) is 11.6 Å². The number of rotatable bonds is 4. The number of carbonyl (C=O) groups excluding carboxylic acids is 1. The van der Waals surface area contributed by atoms with Gasteiger partial charge in [0, 0.05) is 18.7 Å². The molecule has 1 saturated heterocycles. The molecule has 92 valence electrons. The van der Waals surface area contributed by atoms with Gasteiger partial charge in [-0.2, -0.15) is 0 Å². The highest BCUT2D eigenvalue weighted by atomic mass is 16.6. The Labute approximate surface area is 97.7 Å². The first-order valence-corrected chi connectivity index (χ1v) is 5.51. The number of nitrogens with zero attached hydrogens (tertiary/aromatic N) is 1. The zero-order chi connectivity index (χ0) is 12.3. The van der Waals surface area contributed by atoms with Crippen molar-refractivity contribution < 1.29 is 9.72 Å². The summed E-state index contributed by atoms with van der Waals surface area (Å²) in [6.45, 7) is 1.53. The topological polar surface area (TPSA) is 100 Å². The van der Waals surface area contributed by atoms with Crippen molar-refractivity contribution in [1.29, 1.82) is 0 Å². The molecule has 0 saturated carbocycles. The van der Waals surface area contributed by atoms with Crippen molar-refractivity contribution >= 4 is 11.6 Å². The van der Waals surface area contributed by atoms with Gasteiger partial charge in [0.05, 0.1) is 11.1 Å². The average Bonchev–Trinajstić information content (AvgIpc) is 2.96. The van der Waals surface area contributed by atoms with Crippen LogP contribution in [0.15, 0.2) is 12.3 Å². The molecule has 1 unspecified atom stereocenters. The van der Waals surface area contributed by atoms with Gasteiger partial charge in [-0.3, -0.25) is 14.9 Å². The van der Waals surface area contributed by atoms with Crippen molar-refractivity contribution in [2.75, 3.05) is 13.1 Å². The molecule has 3 N–H and O–H groups in total. The van der Waals surface area contributed by atoms with E-state index in [1.165, 1.54) is 12.3 Å². The van der Waals surface area contributed by atoms with E-state index < -0.39 is 4.92 Å². The first-order valence-electron chi connectivity index (χ1n) is 5.51. The van der Waals surface area contributed by atoms with Crippen LogP contribution in [0.5, 0.6) is 0 Å².